The Labute approximate surface area is 186 Å². The highest BCUT2D eigenvalue weighted by Crippen LogP contribution is 2.27. The standard InChI is InChI=1S/C24H25N3O4S/c1-24(2,3)23-27-20-15-18(9-11-21(20)31-23)26-22(28)12-13-25-32(29,30)19-10-8-16-6-4-5-7-17(16)14-19/h4-11,14-15,25H,12-13H2,1-3H3,(H,26,28). The number of aromatic nitrogens is 1. The maximum absolute atomic E-state index is 12.6. The maximum Gasteiger partial charge on any atom is 0.240 e. The van der Waals surface area contributed by atoms with Gasteiger partial charge in [0.25, 0.3) is 0 Å². The van der Waals surface area contributed by atoms with E-state index in [1.807, 2.05) is 45.0 Å². The molecule has 3 aromatic carbocycles. The van der Waals surface area contributed by atoms with Crippen LogP contribution in [0.1, 0.15) is 33.1 Å². The third kappa shape index (κ3) is 4.81. The molecule has 1 heterocycles. The van der Waals surface area contributed by atoms with Crippen molar-refractivity contribution in [2.24, 2.45) is 0 Å². The largest absolute Gasteiger partial charge is 0.440 e. The van der Waals surface area contributed by atoms with E-state index in [-0.39, 0.29) is 29.2 Å². The van der Waals surface area contributed by atoms with Crippen LogP contribution < -0.4 is 10.0 Å². The lowest BCUT2D eigenvalue weighted by molar-refractivity contribution is -0.116. The second kappa shape index (κ2) is 8.37. The highest BCUT2D eigenvalue weighted by molar-refractivity contribution is 7.89. The summed E-state index contributed by atoms with van der Waals surface area (Å²) in [6.07, 6.45) is -0.00307. The molecular formula is C24H25N3O4S. The molecule has 0 atom stereocenters. The van der Waals surface area contributed by atoms with Crippen LogP contribution in [-0.2, 0) is 20.2 Å². The predicted molar refractivity (Wildman–Crippen MR) is 125 cm³/mol. The van der Waals surface area contributed by atoms with Crippen molar-refractivity contribution >= 4 is 43.5 Å². The first-order valence-electron chi connectivity index (χ1n) is 10.3. The van der Waals surface area contributed by atoms with Crippen LogP contribution in [0.15, 0.2) is 70.0 Å². The van der Waals surface area contributed by atoms with Gasteiger partial charge in [-0.15, -0.1) is 0 Å². The van der Waals surface area contributed by atoms with Crippen LogP contribution in [0.2, 0.25) is 0 Å². The molecule has 0 saturated heterocycles. The molecule has 1 amide bonds. The van der Waals surface area contributed by atoms with E-state index in [1.165, 1.54) is 0 Å². The van der Waals surface area contributed by atoms with E-state index in [4.69, 9.17) is 4.42 Å². The summed E-state index contributed by atoms with van der Waals surface area (Å²) >= 11 is 0. The van der Waals surface area contributed by atoms with Gasteiger partial charge in [0.05, 0.1) is 4.90 Å². The summed E-state index contributed by atoms with van der Waals surface area (Å²) in [4.78, 5) is 17.0. The first-order valence-corrected chi connectivity index (χ1v) is 11.8. The molecule has 0 fully saturated rings. The third-order valence-electron chi connectivity index (χ3n) is 4.99. The number of benzene rings is 3. The zero-order chi connectivity index (χ0) is 22.9. The Morgan fingerprint density at radius 2 is 1.75 bits per heavy atom. The average Bonchev–Trinajstić information content (AvgIpc) is 3.17. The number of sulfonamides is 1. The summed E-state index contributed by atoms with van der Waals surface area (Å²) < 4.78 is 33.4. The highest BCUT2D eigenvalue weighted by atomic mass is 32.2. The summed E-state index contributed by atoms with van der Waals surface area (Å²) in [6.45, 7) is 6.03. The molecule has 0 saturated carbocycles. The van der Waals surface area contributed by atoms with E-state index in [2.05, 4.69) is 15.0 Å². The van der Waals surface area contributed by atoms with E-state index in [1.54, 1.807) is 36.4 Å². The summed E-state index contributed by atoms with van der Waals surface area (Å²) in [5, 5.41) is 4.58. The first kappa shape index (κ1) is 22.0. The van der Waals surface area contributed by atoms with Crippen molar-refractivity contribution in [3.63, 3.8) is 0 Å². The number of nitrogens with one attached hydrogen (secondary N) is 2. The first-order chi connectivity index (χ1) is 15.1. The van der Waals surface area contributed by atoms with E-state index in [0.717, 1.165) is 10.8 Å². The summed E-state index contributed by atoms with van der Waals surface area (Å²) in [5.41, 5.74) is 1.67. The fourth-order valence-corrected chi connectivity index (χ4v) is 4.33. The zero-order valence-electron chi connectivity index (χ0n) is 18.2. The molecule has 4 rings (SSSR count). The summed E-state index contributed by atoms with van der Waals surface area (Å²) in [5.74, 6) is 0.323. The Kier molecular flexibility index (Phi) is 5.75. The van der Waals surface area contributed by atoms with E-state index < -0.39 is 10.0 Å². The van der Waals surface area contributed by atoms with Crippen LogP contribution in [0, 0.1) is 0 Å². The number of oxazole rings is 1. The molecule has 0 unspecified atom stereocenters. The topological polar surface area (TPSA) is 101 Å². The SMILES string of the molecule is CC(C)(C)c1nc2cc(NC(=O)CCNS(=O)(=O)c3ccc4ccccc4c3)ccc2o1. The molecule has 8 heteroatoms. The van der Waals surface area contributed by atoms with Gasteiger partial charge >= 0.3 is 0 Å². The number of carbonyl (C=O) groups is 1. The summed E-state index contributed by atoms with van der Waals surface area (Å²) in [6, 6.07) is 17.7. The Bertz CT molecular complexity index is 1400. The number of hydrogen-bond acceptors (Lipinski definition) is 5. The smallest absolute Gasteiger partial charge is 0.240 e. The Hall–Kier alpha value is -3.23. The molecule has 0 aliphatic rings. The number of nitrogens with zero attached hydrogens (tertiary/aromatic N) is 1. The lowest BCUT2D eigenvalue weighted by Gasteiger charge is -2.11. The lowest BCUT2D eigenvalue weighted by atomic mass is 9.97. The maximum atomic E-state index is 12.6. The monoisotopic (exact) mass is 451 g/mol. The second-order valence-electron chi connectivity index (χ2n) is 8.66. The number of carbonyl (C=O) groups excluding carboxylic acids is 1. The third-order valence-corrected chi connectivity index (χ3v) is 6.45. The lowest BCUT2D eigenvalue weighted by Crippen LogP contribution is -2.27. The minimum absolute atomic E-state index is 0.00307. The van der Waals surface area contributed by atoms with Crippen molar-refractivity contribution in [1.82, 2.24) is 9.71 Å². The van der Waals surface area contributed by atoms with Crippen molar-refractivity contribution in [3.05, 3.63) is 66.6 Å². The molecule has 0 radical (unpaired) electrons. The normalized spacial score (nSPS) is 12.3. The fourth-order valence-electron chi connectivity index (χ4n) is 3.27. The Morgan fingerprint density at radius 3 is 2.50 bits per heavy atom. The fraction of sp³-hybridized carbons (Fsp3) is 0.250. The van der Waals surface area contributed by atoms with Crippen LogP contribution in [-0.4, -0.2) is 25.9 Å². The molecule has 0 spiro atoms. The van der Waals surface area contributed by atoms with E-state index in [9.17, 15) is 13.2 Å². The van der Waals surface area contributed by atoms with Gasteiger partial charge in [-0.3, -0.25) is 4.79 Å². The molecule has 0 aliphatic carbocycles. The van der Waals surface area contributed by atoms with Gasteiger partial charge < -0.3 is 9.73 Å². The number of fused-ring (bicyclic) bond motifs is 2. The highest BCUT2D eigenvalue weighted by Gasteiger charge is 2.21. The molecule has 1 aromatic heterocycles. The van der Waals surface area contributed by atoms with Gasteiger partial charge in [-0.25, -0.2) is 18.1 Å². The number of rotatable bonds is 6. The molecule has 2 N–H and O–H groups in total. The van der Waals surface area contributed by atoms with Gasteiger partial charge in [-0.2, -0.15) is 0 Å². The van der Waals surface area contributed by atoms with Crippen molar-refractivity contribution in [2.45, 2.75) is 37.5 Å². The molecule has 0 aliphatic heterocycles. The average molecular weight is 452 g/mol. The zero-order valence-corrected chi connectivity index (χ0v) is 19.0. The van der Waals surface area contributed by atoms with Crippen molar-refractivity contribution in [2.75, 3.05) is 11.9 Å². The molecule has 4 aromatic rings. The number of anilines is 1. The second-order valence-corrected chi connectivity index (χ2v) is 10.4. The van der Waals surface area contributed by atoms with Crippen LogP contribution in [0.3, 0.4) is 0 Å². The molecule has 32 heavy (non-hydrogen) atoms. The molecular weight excluding hydrogens is 426 g/mol. The predicted octanol–water partition coefficient (Wildman–Crippen LogP) is 4.59. The van der Waals surface area contributed by atoms with Crippen LogP contribution >= 0.6 is 0 Å². The van der Waals surface area contributed by atoms with Crippen molar-refractivity contribution in [3.8, 4) is 0 Å². The van der Waals surface area contributed by atoms with Crippen LogP contribution in [0.4, 0.5) is 5.69 Å². The Balaban J connectivity index is 1.37. The van der Waals surface area contributed by atoms with Gasteiger partial charge in [0.15, 0.2) is 5.58 Å². The molecule has 7 nitrogen and oxygen atoms in total. The molecule has 0 bridgehead atoms. The van der Waals surface area contributed by atoms with Crippen LogP contribution in [0.25, 0.3) is 21.9 Å². The van der Waals surface area contributed by atoms with Gasteiger partial charge in [-0.05, 0) is 41.1 Å². The van der Waals surface area contributed by atoms with Crippen molar-refractivity contribution < 1.29 is 17.6 Å². The van der Waals surface area contributed by atoms with Crippen LogP contribution in [0.5, 0.6) is 0 Å². The number of amides is 1. The van der Waals surface area contributed by atoms with Gasteiger partial charge in [0, 0.05) is 24.1 Å². The summed E-state index contributed by atoms with van der Waals surface area (Å²) in [7, 11) is -3.71. The molecule has 166 valence electrons. The van der Waals surface area contributed by atoms with Gasteiger partial charge in [0.2, 0.25) is 21.8 Å². The van der Waals surface area contributed by atoms with E-state index in [0.29, 0.717) is 22.7 Å². The quantitative estimate of drug-likeness (QED) is 0.447. The number of hydrogen-bond donors (Lipinski definition) is 2. The van der Waals surface area contributed by atoms with Gasteiger partial charge in [-0.1, -0.05) is 51.1 Å². The van der Waals surface area contributed by atoms with E-state index >= 15 is 0 Å². The Morgan fingerprint density at radius 1 is 1.00 bits per heavy atom. The minimum Gasteiger partial charge on any atom is -0.440 e. The van der Waals surface area contributed by atoms with Crippen molar-refractivity contribution in [1.29, 1.82) is 0 Å². The minimum atomic E-state index is -3.71. The van der Waals surface area contributed by atoms with Gasteiger partial charge in [0.1, 0.15) is 5.52 Å².